The van der Waals surface area contributed by atoms with Gasteiger partial charge in [-0.2, -0.15) is 0 Å². The third kappa shape index (κ3) is 3.17. The Hall–Kier alpha value is -2.21. The first-order valence-electron chi connectivity index (χ1n) is 5.91. The van der Waals surface area contributed by atoms with Crippen LogP contribution in [0.3, 0.4) is 0 Å². The van der Waals surface area contributed by atoms with Crippen LogP contribution in [0.2, 0.25) is 0 Å². The Morgan fingerprint density at radius 1 is 1.53 bits per heavy atom. The smallest absolute Gasteiger partial charge is 0.335 e. The number of hydrogen-bond donors (Lipinski definition) is 1. The molecule has 0 fully saturated rings. The third-order valence-corrected chi connectivity index (χ3v) is 2.47. The molecule has 1 N–H and O–H groups in total. The van der Waals surface area contributed by atoms with Crippen LogP contribution in [0, 0.1) is 0 Å². The average molecular weight is 261 g/mol. The number of carbonyl (C=O) groups is 1. The number of carbonyl (C=O) groups excluding carboxylic acids is 1. The molecule has 0 bridgehead atoms. The van der Waals surface area contributed by atoms with Gasteiger partial charge in [0, 0.05) is 6.20 Å². The standard InChI is InChI=1S/C13H15N3O3/c1-9(13(18)19-8-10(2)17)7-16-12-6-4-3-5-11(12)14-15-16/h3-7,10,17H,8H2,1-2H3. The average Bonchev–Trinajstić information content (AvgIpc) is 2.79. The molecule has 6 heteroatoms. The molecule has 0 aliphatic carbocycles. The summed E-state index contributed by atoms with van der Waals surface area (Å²) in [6.07, 6.45) is 0.878. The van der Waals surface area contributed by atoms with Crippen LogP contribution < -0.4 is 0 Å². The van der Waals surface area contributed by atoms with Crippen LogP contribution >= 0.6 is 0 Å². The summed E-state index contributed by atoms with van der Waals surface area (Å²) in [6, 6.07) is 7.44. The van der Waals surface area contributed by atoms with Crippen molar-refractivity contribution >= 4 is 23.2 Å². The second kappa shape index (κ2) is 5.62. The molecular weight excluding hydrogens is 246 g/mol. The number of para-hydroxylation sites is 1. The maximum atomic E-state index is 11.6. The normalized spacial score (nSPS) is 13.5. The second-order valence-corrected chi connectivity index (χ2v) is 4.28. The molecule has 1 atom stereocenters. The van der Waals surface area contributed by atoms with E-state index in [1.807, 2.05) is 24.3 Å². The highest BCUT2D eigenvalue weighted by Crippen LogP contribution is 2.11. The van der Waals surface area contributed by atoms with E-state index in [2.05, 4.69) is 10.3 Å². The molecule has 6 nitrogen and oxygen atoms in total. The van der Waals surface area contributed by atoms with Crippen molar-refractivity contribution < 1.29 is 14.6 Å². The lowest BCUT2D eigenvalue weighted by Crippen LogP contribution is -2.16. The van der Waals surface area contributed by atoms with Gasteiger partial charge in [0.25, 0.3) is 0 Å². The van der Waals surface area contributed by atoms with Crippen LogP contribution in [0.25, 0.3) is 17.2 Å². The molecule has 0 spiro atoms. The largest absolute Gasteiger partial charge is 0.460 e. The third-order valence-electron chi connectivity index (χ3n) is 2.47. The summed E-state index contributed by atoms with van der Waals surface area (Å²) < 4.78 is 6.43. The van der Waals surface area contributed by atoms with E-state index in [-0.39, 0.29) is 6.61 Å². The summed E-state index contributed by atoms with van der Waals surface area (Å²) in [5.41, 5.74) is 1.95. The number of aliphatic hydroxyl groups is 1. The maximum Gasteiger partial charge on any atom is 0.335 e. The summed E-state index contributed by atoms with van der Waals surface area (Å²) in [7, 11) is 0. The van der Waals surface area contributed by atoms with Crippen molar-refractivity contribution in [2.75, 3.05) is 6.61 Å². The first kappa shape index (κ1) is 13.2. The van der Waals surface area contributed by atoms with E-state index in [0.29, 0.717) is 5.57 Å². The summed E-state index contributed by atoms with van der Waals surface area (Å²) >= 11 is 0. The van der Waals surface area contributed by atoms with E-state index >= 15 is 0 Å². The highest BCUT2D eigenvalue weighted by atomic mass is 16.5. The molecular formula is C13H15N3O3. The number of aromatic nitrogens is 3. The van der Waals surface area contributed by atoms with E-state index in [4.69, 9.17) is 9.84 Å². The first-order chi connectivity index (χ1) is 9.08. The monoisotopic (exact) mass is 261 g/mol. The lowest BCUT2D eigenvalue weighted by molar-refractivity contribution is -0.141. The van der Waals surface area contributed by atoms with Crippen molar-refractivity contribution in [3.63, 3.8) is 0 Å². The molecule has 2 rings (SSSR count). The minimum Gasteiger partial charge on any atom is -0.460 e. The number of aliphatic hydroxyl groups excluding tert-OH is 1. The summed E-state index contributed by atoms with van der Waals surface area (Å²) in [5, 5.41) is 17.0. The van der Waals surface area contributed by atoms with Crippen molar-refractivity contribution in [2.24, 2.45) is 0 Å². The molecule has 0 aliphatic heterocycles. The Morgan fingerprint density at radius 2 is 2.26 bits per heavy atom. The fourth-order valence-corrected chi connectivity index (χ4v) is 1.53. The van der Waals surface area contributed by atoms with Gasteiger partial charge in [-0.05, 0) is 26.0 Å². The van der Waals surface area contributed by atoms with E-state index in [9.17, 15) is 4.79 Å². The van der Waals surface area contributed by atoms with Gasteiger partial charge in [-0.15, -0.1) is 5.10 Å². The molecule has 100 valence electrons. The Bertz CT molecular complexity index is 616. The van der Waals surface area contributed by atoms with E-state index in [1.54, 1.807) is 20.0 Å². The Balaban J connectivity index is 2.18. The molecule has 1 heterocycles. The second-order valence-electron chi connectivity index (χ2n) is 4.28. The molecule has 1 aromatic heterocycles. The van der Waals surface area contributed by atoms with Gasteiger partial charge in [0.1, 0.15) is 12.1 Å². The zero-order valence-electron chi connectivity index (χ0n) is 10.8. The van der Waals surface area contributed by atoms with Gasteiger partial charge in [-0.25, -0.2) is 9.48 Å². The molecule has 0 aliphatic rings. The summed E-state index contributed by atoms with van der Waals surface area (Å²) in [5.74, 6) is -0.486. The quantitative estimate of drug-likeness (QED) is 0.661. The highest BCUT2D eigenvalue weighted by Gasteiger charge is 2.09. The zero-order valence-corrected chi connectivity index (χ0v) is 10.8. The van der Waals surface area contributed by atoms with Gasteiger partial charge in [-0.3, -0.25) is 0 Å². The van der Waals surface area contributed by atoms with Crippen molar-refractivity contribution in [1.29, 1.82) is 0 Å². The molecule has 1 unspecified atom stereocenters. The van der Waals surface area contributed by atoms with Gasteiger partial charge in [0.15, 0.2) is 0 Å². The van der Waals surface area contributed by atoms with Crippen LogP contribution in [0.1, 0.15) is 13.8 Å². The van der Waals surface area contributed by atoms with Crippen LogP contribution in [0.4, 0.5) is 0 Å². The summed E-state index contributed by atoms with van der Waals surface area (Å²) in [4.78, 5) is 11.6. The number of benzene rings is 1. The predicted octanol–water partition coefficient (Wildman–Crippen LogP) is 1.22. The molecule has 0 saturated heterocycles. The number of rotatable bonds is 4. The fraction of sp³-hybridized carbons (Fsp3) is 0.308. The van der Waals surface area contributed by atoms with Gasteiger partial charge >= 0.3 is 5.97 Å². The molecule has 0 radical (unpaired) electrons. The minimum absolute atomic E-state index is 0.0257. The Kier molecular flexibility index (Phi) is 3.91. The lowest BCUT2D eigenvalue weighted by atomic mass is 10.3. The number of hydrogen-bond acceptors (Lipinski definition) is 5. The molecule has 2 aromatic rings. The number of nitrogens with zero attached hydrogens (tertiary/aromatic N) is 3. The van der Waals surface area contributed by atoms with E-state index < -0.39 is 12.1 Å². The minimum atomic E-state index is -0.677. The molecule has 19 heavy (non-hydrogen) atoms. The van der Waals surface area contributed by atoms with Crippen LogP contribution in [-0.2, 0) is 9.53 Å². The van der Waals surface area contributed by atoms with Gasteiger partial charge < -0.3 is 9.84 Å². The zero-order chi connectivity index (χ0) is 13.8. The van der Waals surface area contributed by atoms with E-state index in [1.165, 1.54) is 4.68 Å². The Morgan fingerprint density at radius 3 is 3.00 bits per heavy atom. The van der Waals surface area contributed by atoms with Crippen molar-refractivity contribution in [3.8, 4) is 0 Å². The van der Waals surface area contributed by atoms with Crippen LogP contribution in [-0.4, -0.2) is 38.8 Å². The topological polar surface area (TPSA) is 77.2 Å². The van der Waals surface area contributed by atoms with Crippen LogP contribution in [0.15, 0.2) is 29.8 Å². The van der Waals surface area contributed by atoms with Gasteiger partial charge in [0.05, 0.1) is 17.2 Å². The molecule has 0 amide bonds. The highest BCUT2D eigenvalue weighted by molar-refractivity contribution is 5.91. The maximum absolute atomic E-state index is 11.6. The Labute approximate surface area is 110 Å². The SMILES string of the molecule is CC(=Cn1nnc2ccccc21)C(=O)OCC(C)O. The first-order valence-corrected chi connectivity index (χ1v) is 5.91. The molecule has 1 aromatic carbocycles. The number of ether oxygens (including phenoxy) is 1. The number of esters is 1. The van der Waals surface area contributed by atoms with Gasteiger partial charge in [0.2, 0.25) is 0 Å². The van der Waals surface area contributed by atoms with E-state index in [0.717, 1.165) is 11.0 Å². The predicted molar refractivity (Wildman–Crippen MR) is 70.1 cm³/mol. The van der Waals surface area contributed by atoms with Crippen LogP contribution in [0.5, 0.6) is 0 Å². The molecule has 0 saturated carbocycles. The number of fused-ring (bicyclic) bond motifs is 1. The van der Waals surface area contributed by atoms with Crippen molar-refractivity contribution in [1.82, 2.24) is 15.0 Å². The lowest BCUT2D eigenvalue weighted by Gasteiger charge is -2.06. The van der Waals surface area contributed by atoms with Gasteiger partial charge in [-0.1, -0.05) is 17.3 Å². The fourth-order valence-electron chi connectivity index (χ4n) is 1.53. The van der Waals surface area contributed by atoms with Crippen molar-refractivity contribution in [2.45, 2.75) is 20.0 Å². The summed E-state index contributed by atoms with van der Waals surface area (Å²) in [6.45, 7) is 3.15. The van der Waals surface area contributed by atoms with Crippen molar-refractivity contribution in [3.05, 3.63) is 29.8 Å².